The van der Waals surface area contributed by atoms with Gasteiger partial charge in [-0.3, -0.25) is 0 Å². The van der Waals surface area contributed by atoms with Gasteiger partial charge < -0.3 is 9.47 Å². The van der Waals surface area contributed by atoms with Crippen LogP contribution in [0.1, 0.15) is 46.0 Å². The van der Waals surface area contributed by atoms with Gasteiger partial charge in [0.25, 0.3) is 0 Å². The van der Waals surface area contributed by atoms with Gasteiger partial charge in [-0.2, -0.15) is 0 Å². The fourth-order valence-corrected chi connectivity index (χ4v) is 2.36. The molecule has 0 aromatic rings. The number of hydrogen-bond donors (Lipinski definition) is 0. The average Bonchev–Trinajstić information content (AvgIpc) is 2.39. The van der Waals surface area contributed by atoms with Crippen molar-refractivity contribution in [3.63, 3.8) is 0 Å². The summed E-state index contributed by atoms with van der Waals surface area (Å²) in [6.45, 7) is 4.33. The summed E-state index contributed by atoms with van der Waals surface area (Å²) in [6, 6.07) is 0. The molecule has 3 atom stereocenters. The molecule has 0 aromatic carbocycles. The average molecular weight is 170 g/mol. The Balaban J connectivity index is 2.10. The highest BCUT2D eigenvalue weighted by molar-refractivity contribution is 4.89. The third-order valence-corrected chi connectivity index (χ3v) is 3.13. The van der Waals surface area contributed by atoms with Crippen LogP contribution in [0.4, 0.5) is 0 Å². The van der Waals surface area contributed by atoms with Crippen molar-refractivity contribution in [3.8, 4) is 0 Å². The van der Waals surface area contributed by atoms with E-state index in [2.05, 4.69) is 13.8 Å². The van der Waals surface area contributed by atoms with E-state index in [9.17, 15) is 0 Å². The molecule has 2 saturated heterocycles. The summed E-state index contributed by atoms with van der Waals surface area (Å²) in [7, 11) is 0. The molecule has 2 aliphatic rings. The zero-order chi connectivity index (χ0) is 8.60. The number of fused-ring (bicyclic) bond motifs is 2. The molecule has 0 spiro atoms. The summed E-state index contributed by atoms with van der Waals surface area (Å²) in [6.07, 6.45) is 6.41. The third-order valence-electron chi connectivity index (χ3n) is 3.13. The van der Waals surface area contributed by atoms with Gasteiger partial charge >= 0.3 is 0 Å². The Hall–Kier alpha value is -0.0800. The summed E-state index contributed by atoms with van der Waals surface area (Å²) in [5, 5.41) is 0. The first-order valence-electron chi connectivity index (χ1n) is 5.15. The Morgan fingerprint density at radius 1 is 1.33 bits per heavy atom. The highest BCUT2D eigenvalue weighted by atomic mass is 16.8. The SMILES string of the molecule is CC[C@H]1O[C@@]2(CC)CCC[C@@H]1O2. The van der Waals surface area contributed by atoms with Crippen LogP contribution in [0.25, 0.3) is 0 Å². The van der Waals surface area contributed by atoms with E-state index in [4.69, 9.17) is 9.47 Å². The smallest absolute Gasteiger partial charge is 0.169 e. The van der Waals surface area contributed by atoms with Crippen molar-refractivity contribution in [2.24, 2.45) is 0 Å². The zero-order valence-corrected chi connectivity index (χ0v) is 8.01. The van der Waals surface area contributed by atoms with Gasteiger partial charge in [-0.15, -0.1) is 0 Å². The van der Waals surface area contributed by atoms with Crippen molar-refractivity contribution in [2.45, 2.75) is 63.9 Å². The summed E-state index contributed by atoms with van der Waals surface area (Å²) < 4.78 is 11.9. The van der Waals surface area contributed by atoms with Crippen molar-refractivity contribution in [2.75, 3.05) is 0 Å². The van der Waals surface area contributed by atoms with Gasteiger partial charge in [0.2, 0.25) is 0 Å². The molecule has 0 aromatic heterocycles. The van der Waals surface area contributed by atoms with Crippen molar-refractivity contribution in [3.05, 3.63) is 0 Å². The minimum Gasteiger partial charge on any atom is -0.344 e. The van der Waals surface area contributed by atoms with Crippen LogP contribution in [0, 0.1) is 0 Å². The van der Waals surface area contributed by atoms with Gasteiger partial charge in [-0.05, 0) is 25.7 Å². The first-order valence-corrected chi connectivity index (χ1v) is 5.15. The summed E-state index contributed by atoms with van der Waals surface area (Å²) >= 11 is 0. The maximum Gasteiger partial charge on any atom is 0.169 e. The quantitative estimate of drug-likeness (QED) is 0.634. The lowest BCUT2D eigenvalue weighted by molar-refractivity contribution is -0.194. The van der Waals surface area contributed by atoms with E-state index in [1.165, 1.54) is 12.8 Å². The highest BCUT2D eigenvalue weighted by Gasteiger charge is 2.47. The van der Waals surface area contributed by atoms with E-state index in [1.54, 1.807) is 0 Å². The Bertz CT molecular complexity index is 169. The lowest BCUT2D eigenvalue weighted by Crippen LogP contribution is -2.33. The Labute approximate surface area is 74.2 Å². The molecule has 2 heteroatoms. The van der Waals surface area contributed by atoms with Crippen molar-refractivity contribution < 1.29 is 9.47 Å². The standard InChI is InChI=1S/C10H18O2/c1-3-8-9-6-5-7-10(4-2,11-8)12-9/h8-9H,3-7H2,1-2H3/t8-,9+,10-/m1/s1. The topological polar surface area (TPSA) is 18.5 Å². The first kappa shape index (κ1) is 8.52. The normalized spacial score (nSPS) is 46.5. The van der Waals surface area contributed by atoms with Crippen molar-refractivity contribution in [1.82, 2.24) is 0 Å². The molecule has 70 valence electrons. The summed E-state index contributed by atoms with van der Waals surface area (Å²) in [5.41, 5.74) is 0. The van der Waals surface area contributed by atoms with Gasteiger partial charge in [0.1, 0.15) is 0 Å². The molecular weight excluding hydrogens is 152 g/mol. The Morgan fingerprint density at radius 3 is 2.75 bits per heavy atom. The van der Waals surface area contributed by atoms with E-state index in [0.717, 1.165) is 19.3 Å². The van der Waals surface area contributed by atoms with Gasteiger partial charge in [0.15, 0.2) is 5.79 Å². The van der Waals surface area contributed by atoms with E-state index < -0.39 is 0 Å². The minimum absolute atomic E-state index is 0.191. The van der Waals surface area contributed by atoms with Gasteiger partial charge in [-0.1, -0.05) is 13.8 Å². The van der Waals surface area contributed by atoms with Crippen LogP contribution in [0.15, 0.2) is 0 Å². The third kappa shape index (κ3) is 1.17. The van der Waals surface area contributed by atoms with E-state index in [-0.39, 0.29) is 5.79 Å². The van der Waals surface area contributed by atoms with Crippen LogP contribution >= 0.6 is 0 Å². The molecule has 2 nitrogen and oxygen atoms in total. The summed E-state index contributed by atoms with van der Waals surface area (Å²) in [5.74, 6) is -0.191. The second kappa shape index (κ2) is 3.00. The fraction of sp³-hybridized carbons (Fsp3) is 1.00. The van der Waals surface area contributed by atoms with E-state index in [1.807, 2.05) is 0 Å². The van der Waals surface area contributed by atoms with Crippen molar-refractivity contribution in [1.29, 1.82) is 0 Å². The molecule has 0 N–H and O–H groups in total. The van der Waals surface area contributed by atoms with Gasteiger partial charge in [0.05, 0.1) is 12.2 Å². The second-order valence-corrected chi connectivity index (χ2v) is 3.88. The van der Waals surface area contributed by atoms with Crippen LogP contribution in [-0.4, -0.2) is 18.0 Å². The van der Waals surface area contributed by atoms with Crippen LogP contribution < -0.4 is 0 Å². The second-order valence-electron chi connectivity index (χ2n) is 3.88. The number of ether oxygens (including phenoxy) is 2. The molecule has 2 aliphatic heterocycles. The van der Waals surface area contributed by atoms with E-state index >= 15 is 0 Å². The molecule has 0 aliphatic carbocycles. The maximum atomic E-state index is 5.95. The molecule has 2 bridgehead atoms. The zero-order valence-electron chi connectivity index (χ0n) is 8.01. The van der Waals surface area contributed by atoms with Crippen LogP contribution in [0.5, 0.6) is 0 Å². The molecular formula is C10H18O2. The number of rotatable bonds is 2. The molecule has 12 heavy (non-hydrogen) atoms. The molecule has 0 amide bonds. The molecule has 0 radical (unpaired) electrons. The largest absolute Gasteiger partial charge is 0.344 e. The Morgan fingerprint density at radius 2 is 2.17 bits per heavy atom. The lowest BCUT2D eigenvalue weighted by Gasteiger charge is -2.30. The van der Waals surface area contributed by atoms with Gasteiger partial charge in [0, 0.05) is 6.42 Å². The summed E-state index contributed by atoms with van der Waals surface area (Å²) in [4.78, 5) is 0. The molecule has 2 fully saturated rings. The minimum atomic E-state index is -0.191. The molecule has 2 rings (SSSR count). The predicted octanol–water partition coefficient (Wildman–Crippen LogP) is 2.47. The monoisotopic (exact) mass is 170 g/mol. The maximum absolute atomic E-state index is 5.95. The Kier molecular flexibility index (Phi) is 2.13. The predicted molar refractivity (Wildman–Crippen MR) is 46.9 cm³/mol. The van der Waals surface area contributed by atoms with Crippen LogP contribution in [-0.2, 0) is 9.47 Å². The highest BCUT2D eigenvalue weighted by Crippen LogP contribution is 2.42. The van der Waals surface area contributed by atoms with E-state index in [0.29, 0.717) is 12.2 Å². The fourth-order valence-electron chi connectivity index (χ4n) is 2.36. The molecule has 2 heterocycles. The number of hydrogen-bond acceptors (Lipinski definition) is 2. The molecule has 0 saturated carbocycles. The molecule has 0 unspecified atom stereocenters. The van der Waals surface area contributed by atoms with Gasteiger partial charge in [-0.25, -0.2) is 0 Å². The first-order chi connectivity index (χ1) is 5.79. The van der Waals surface area contributed by atoms with Crippen molar-refractivity contribution >= 4 is 0 Å². The van der Waals surface area contributed by atoms with Crippen LogP contribution in [0.2, 0.25) is 0 Å². The lowest BCUT2D eigenvalue weighted by atomic mass is 10.00. The van der Waals surface area contributed by atoms with Crippen LogP contribution in [0.3, 0.4) is 0 Å².